The highest BCUT2D eigenvalue weighted by Crippen LogP contribution is 2.47. The molecule has 194 valence electrons. The highest BCUT2D eigenvalue weighted by molar-refractivity contribution is 7.98. The Hall–Kier alpha value is -2.92. The van der Waals surface area contributed by atoms with Gasteiger partial charge in [-0.3, -0.25) is 0 Å². The van der Waals surface area contributed by atoms with Crippen LogP contribution in [0.25, 0.3) is 22.6 Å². The maximum absolute atomic E-state index is 15.8. The smallest absolute Gasteiger partial charge is 0.187 e. The third-order valence-corrected chi connectivity index (χ3v) is 8.48. The largest absolute Gasteiger partial charge is 0.507 e. The van der Waals surface area contributed by atoms with Gasteiger partial charge in [0.15, 0.2) is 22.6 Å². The molecule has 2 N–H and O–H groups in total. The third kappa shape index (κ3) is 4.31. The Labute approximate surface area is 218 Å². The zero-order chi connectivity index (χ0) is 25.9. The Balaban J connectivity index is 1.28. The summed E-state index contributed by atoms with van der Waals surface area (Å²) in [6.45, 7) is 4.16. The molecule has 0 radical (unpaired) electrons. The van der Waals surface area contributed by atoms with Crippen LogP contribution in [0.3, 0.4) is 0 Å². The molecule has 1 saturated carbocycles. The van der Waals surface area contributed by atoms with Crippen LogP contribution in [0.1, 0.15) is 46.0 Å². The summed E-state index contributed by atoms with van der Waals surface area (Å²) in [7, 11) is 0. The molecule has 8 nitrogen and oxygen atoms in total. The van der Waals surface area contributed by atoms with E-state index in [1.54, 1.807) is 24.6 Å². The van der Waals surface area contributed by atoms with E-state index in [-0.39, 0.29) is 34.9 Å². The van der Waals surface area contributed by atoms with Crippen molar-refractivity contribution in [2.24, 2.45) is 0 Å². The number of phenols is 1. The third-order valence-electron chi connectivity index (χ3n) is 7.92. The zero-order valence-electron chi connectivity index (χ0n) is 20.9. The van der Waals surface area contributed by atoms with Crippen molar-refractivity contribution in [1.82, 2.24) is 30.5 Å². The topological polar surface area (TPSA) is 100.0 Å². The van der Waals surface area contributed by atoms with E-state index in [4.69, 9.17) is 0 Å². The second-order valence-electron chi connectivity index (χ2n) is 10.8. The molecule has 2 saturated heterocycles. The Bertz CT molecular complexity index is 1340. The van der Waals surface area contributed by atoms with Crippen molar-refractivity contribution >= 4 is 17.6 Å². The van der Waals surface area contributed by atoms with Crippen LogP contribution < -0.4 is 10.2 Å². The van der Waals surface area contributed by atoms with Gasteiger partial charge in [0.05, 0.1) is 24.0 Å². The fraction of sp³-hybridized carbons (Fsp3) is 0.500. The van der Waals surface area contributed by atoms with Crippen molar-refractivity contribution in [3.63, 3.8) is 0 Å². The highest BCUT2D eigenvalue weighted by Gasteiger charge is 2.58. The van der Waals surface area contributed by atoms with Gasteiger partial charge in [0, 0.05) is 22.7 Å². The summed E-state index contributed by atoms with van der Waals surface area (Å²) in [4.78, 5) is 14.7. The monoisotopic (exact) mass is 525 g/mol. The van der Waals surface area contributed by atoms with Gasteiger partial charge in [-0.05, 0) is 64.3 Å². The summed E-state index contributed by atoms with van der Waals surface area (Å²) in [6.07, 6.45) is 7.96. The van der Waals surface area contributed by atoms with E-state index < -0.39 is 17.5 Å². The lowest BCUT2D eigenvalue weighted by Crippen LogP contribution is -2.66. The van der Waals surface area contributed by atoms with Crippen LogP contribution in [-0.4, -0.2) is 65.8 Å². The molecule has 4 atom stereocenters. The van der Waals surface area contributed by atoms with Crippen molar-refractivity contribution in [3.8, 4) is 28.4 Å². The molecule has 1 aromatic carbocycles. The number of alkyl halides is 1. The molecular formula is C26H29F2N7OS. The van der Waals surface area contributed by atoms with E-state index >= 15 is 4.39 Å². The number of aromatic hydroxyl groups is 1. The molecule has 3 fully saturated rings. The van der Waals surface area contributed by atoms with Crippen molar-refractivity contribution in [1.29, 1.82) is 0 Å². The minimum atomic E-state index is -1.03. The first-order chi connectivity index (χ1) is 17.7. The minimum Gasteiger partial charge on any atom is -0.507 e. The number of thioether (sulfide) groups is 1. The Kier molecular flexibility index (Phi) is 5.83. The van der Waals surface area contributed by atoms with Gasteiger partial charge >= 0.3 is 0 Å². The quantitative estimate of drug-likeness (QED) is 0.355. The standard InChI is InChI=1S/C26H29F2N7OS/c1-25-8-9-26(2,34-25)22(28)18(11-25)35(15-5-6-15)20-13-29-23(33-32-20)16-7-4-14(10-19(16)36)21-17(27)12-30-24(31-21)37-3/h4,7,10,12-13,15,18,22,34,36H,5-6,8-9,11H2,1-3H3/t18-,22-,25-,26+/m1/s1. The number of aromatic nitrogens is 5. The van der Waals surface area contributed by atoms with Gasteiger partial charge in [0.1, 0.15) is 17.6 Å². The Morgan fingerprint density at radius 2 is 1.95 bits per heavy atom. The Morgan fingerprint density at radius 1 is 1.14 bits per heavy atom. The summed E-state index contributed by atoms with van der Waals surface area (Å²) in [6, 6.07) is 4.63. The van der Waals surface area contributed by atoms with Gasteiger partial charge in [-0.2, -0.15) is 0 Å². The number of nitrogens with one attached hydrogen (secondary N) is 1. The average molecular weight is 526 g/mol. The molecule has 2 aliphatic heterocycles. The van der Waals surface area contributed by atoms with Crippen LogP contribution in [0.5, 0.6) is 5.75 Å². The lowest BCUT2D eigenvalue weighted by Gasteiger charge is -2.48. The predicted molar refractivity (Wildman–Crippen MR) is 138 cm³/mol. The predicted octanol–water partition coefficient (Wildman–Crippen LogP) is 4.54. The molecule has 0 amide bonds. The first-order valence-corrected chi connectivity index (χ1v) is 13.7. The lowest BCUT2D eigenvalue weighted by atomic mass is 9.82. The number of piperidine rings is 1. The number of phenolic OH excluding ortho intramolecular Hbond substituents is 1. The van der Waals surface area contributed by atoms with Crippen molar-refractivity contribution in [2.45, 2.75) is 80.4 Å². The highest BCUT2D eigenvalue weighted by atomic mass is 32.2. The van der Waals surface area contributed by atoms with E-state index in [0.29, 0.717) is 28.5 Å². The number of hydrogen-bond acceptors (Lipinski definition) is 9. The van der Waals surface area contributed by atoms with Crippen molar-refractivity contribution < 1.29 is 13.9 Å². The molecule has 4 heterocycles. The molecule has 0 spiro atoms. The second kappa shape index (κ2) is 8.83. The Morgan fingerprint density at radius 3 is 2.62 bits per heavy atom. The fourth-order valence-electron chi connectivity index (χ4n) is 5.95. The van der Waals surface area contributed by atoms with Crippen LogP contribution in [0.4, 0.5) is 14.6 Å². The van der Waals surface area contributed by atoms with Gasteiger partial charge in [-0.25, -0.2) is 23.7 Å². The maximum Gasteiger partial charge on any atom is 0.187 e. The molecule has 6 rings (SSSR count). The second-order valence-corrected chi connectivity index (χ2v) is 11.6. The molecule has 2 aromatic heterocycles. The number of rotatable bonds is 6. The first-order valence-electron chi connectivity index (χ1n) is 12.5. The minimum absolute atomic E-state index is 0.0940. The molecule has 2 bridgehead atoms. The normalized spacial score (nSPS) is 28.9. The number of nitrogens with zero attached hydrogens (tertiary/aromatic N) is 6. The number of benzene rings is 1. The van der Waals surface area contributed by atoms with Crippen LogP contribution in [0.2, 0.25) is 0 Å². The van der Waals surface area contributed by atoms with Gasteiger partial charge in [0.25, 0.3) is 0 Å². The molecule has 3 aromatic rings. The van der Waals surface area contributed by atoms with Crippen molar-refractivity contribution in [3.05, 3.63) is 36.4 Å². The summed E-state index contributed by atoms with van der Waals surface area (Å²) >= 11 is 1.30. The molecule has 1 aliphatic carbocycles. The summed E-state index contributed by atoms with van der Waals surface area (Å²) in [5, 5.41) is 23.4. The average Bonchev–Trinajstić information content (AvgIpc) is 3.68. The summed E-state index contributed by atoms with van der Waals surface area (Å²) in [5.41, 5.74) is 0.248. The van der Waals surface area contributed by atoms with E-state index in [1.807, 2.05) is 6.92 Å². The van der Waals surface area contributed by atoms with Crippen molar-refractivity contribution in [2.75, 3.05) is 11.2 Å². The molecule has 0 unspecified atom stereocenters. The summed E-state index contributed by atoms with van der Waals surface area (Å²) in [5.74, 6) is 0.0933. The SMILES string of the molecule is CSc1ncc(F)c(-c2ccc(-c3ncc(N(C4CC4)[C@@H]4C[C@@]5(C)CC[C@](C)(N5)[C@@H]4F)nn3)c(O)c2)n1. The van der Waals surface area contributed by atoms with Crippen LogP contribution in [-0.2, 0) is 0 Å². The number of anilines is 1. The van der Waals surface area contributed by atoms with E-state index in [0.717, 1.165) is 31.9 Å². The lowest BCUT2D eigenvalue weighted by molar-refractivity contribution is 0.0831. The van der Waals surface area contributed by atoms with E-state index in [1.165, 1.54) is 17.8 Å². The van der Waals surface area contributed by atoms with Crippen LogP contribution in [0, 0.1) is 5.82 Å². The van der Waals surface area contributed by atoms with Crippen LogP contribution in [0.15, 0.2) is 35.7 Å². The number of fused-ring (bicyclic) bond motifs is 2. The summed E-state index contributed by atoms with van der Waals surface area (Å²) < 4.78 is 30.2. The zero-order valence-corrected chi connectivity index (χ0v) is 21.8. The van der Waals surface area contributed by atoms with E-state index in [2.05, 4.69) is 42.3 Å². The molecular weight excluding hydrogens is 496 g/mol. The van der Waals surface area contributed by atoms with Gasteiger partial charge in [0.2, 0.25) is 0 Å². The molecule has 3 aliphatic rings. The van der Waals surface area contributed by atoms with Gasteiger partial charge in [-0.15, -0.1) is 10.2 Å². The van der Waals surface area contributed by atoms with Gasteiger partial charge < -0.3 is 15.3 Å². The first kappa shape index (κ1) is 24.4. The molecule has 11 heteroatoms. The number of halogens is 2. The van der Waals surface area contributed by atoms with Crippen LogP contribution >= 0.6 is 11.8 Å². The maximum atomic E-state index is 15.8. The fourth-order valence-corrected chi connectivity index (χ4v) is 6.29. The number of hydrogen-bond donors (Lipinski definition) is 2. The van der Waals surface area contributed by atoms with E-state index in [9.17, 15) is 9.50 Å². The van der Waals surface area contributed by atoms with Gasteiger partial charge in [-0.1, -0.05) is 17.8 Å². The molecule has 37 heavy (non-hydrogen) atoms.